The number of hydrogen-bond donors (Lipinski definition) is 1. The summed E-state index contributed by atoms with van der Waals surface area (Å²) < 4.78 is 2.14. The van der Waals surface area contributed by atoms with Gasteiger partial charge in [-0.15, -0.1) is 0 Å². The molecule has 0 atom stereocenters. The van der Waals surface area contributed by atoms with E-state index >= 15 is 0 Å². The van der Waals surface area contributed by atoms with Gasteiger partial charge in [-0.2, -0.15) is 0 Å². The Morgan fingerprint density at radius 1 is 1.42 bits per heavy atom. The van der Waals surface area contributed by atoms with E-state index in [1.54, 1.807) is 0 Å². The molecule has 0 unspecified atom stereocenters. The summed E-state index contributed by atoms with van der Waals surface area (Å²) in [6, 6.07) is 0.865. The summed E-state index contributed by atoms with van der Waals surface area (Å²) in [5, 5.41) is 3.52. The van der Waals surface area contributed by atoms with Crippen molar-refractivity contribution in [2.75, 3.05) is 38.6 Å². The van der Waals surface area contributed by atoms with Crippen LogP contribution in [0.4, 0.5) is 5.95 Å². The largest absolute Gasteiger partial charge is 0.348 e. The van der Waals surface area contributed by atoms with E-state index in [1.807, 2.05) is 25.2 Å². The van der Waals surface area contributed by atoms with Crippen molar-refractivity contribution in [1.82, 2.24) is 19.8 Å². The summed E-state index contributed by atoms with van der Waals surface area (Å²) >= 11 is 0. The Morgan fingerprint density at radius 3 is 2.68 bits per heavy atom. The summed E-state index contributed by atoms with van der Waals surface area (Å²) in [4.78, 5) is 9.03. The minimum absolute atomic E-state index is 0.865. The molecule has 1 saturated carbocycles. The van der Waals surface area contributed by atoms with Crippen LogP contribution < -0.4 is 10.2 Å². The van der Waals surface area contributed by atoms with E-state index in [0.717, 1.165) is 31.6 Å². The average molecular weight is 265 g/mol. The fourth-order valence-corrected chi connectivity index (χ4v) is 2.49. The van der Waals surface area contributed by atoms with Crippen LogP contribution in [0.15, 0.2) is 6.20 Å². The van der Waals surface area contributed by atoms with E-state index in [2.05, 4.69) is 33.7 Å². The second kappa shape index (κ2) is 6.39. The molecule has 0 spiro atoms. The first-order chi connectivity index (χ1) is 9.13. The molecule has 1 fully saturated rings. The van der Waals surface area contributed by atoms with Crippen LogP contribution in [-0.2, 0) is 13.6 Å². The maximum Gasteiger partial charge on any atom is 0.204 e. The minimum Gasteiger partial charge on any atom is -0.348 e. The number of likely N-dealkylation sites (N-methyl/N-ethyl adjacent to an activating group) is 1. The highest BCUT2D eigenvalue weighted by Gasteiger charge is 2.26. The first-order valence-electron chi connectivity index (χ1n) is 7.26. The Labute approximate surface area is 116 Å². The van der Waals surface area contributed by atoms with Crippen molar-refractivity contribution in [3.8, 4) is 0 Å². The molecule has 2 rings (SSSR count). The molecular weight excluding hydrogens is 238 g/mol. The fourth-order valence-electron chi connectivity index (χ4n) is 2.49. The number of imidazole rings is 1. The topological polar surface area (TPSA) is 36.3 Å². The highest BCUT2D eigenvalue weighted by Crippen LogP contribution is 2.25. The van der Waals surface area contributed by atoms with Gasteiger partial charge in [0.2, 0.25) is 5.95 Å². The van der Waals surface area contributed by atoms with Gasteiger partial charge in [0.1, 0.15) is 0 Å². The lowest BCUT2D eigenvalue weighted by Crippen LogP contribution is -2.33. The van der Waals surface area contributed by atoms with Crippen LogP contribution in [0, 0.1) is 0 Å². The highest BCUT2D eigenvalue weighted by atomic mass is 15.3. The van der Waals surface area contributed by atoms with E-state index in [-0.39, 0.29) is 0 Å². The molecule has 0 bridgehead atoms. The van der Waals surface area contributed by atoms with Gasteiger partial charge in [-0.1, -0.05) is 6.92 Å². The van der Waals surface area contributed by atoms with Gasteiger partial charge in [-0.3, -0.25) is 4.90 Å². The van der Waals surface area contributed by atoms with Gasteiger partial charge < -0.3 is 14.8 Å². The zero-order valence-corrected chi connectivity index (χ0v) is 12.7. The molecule has 1 heterocycles. The van der Waals surface area contributed by atoms with Crippen molar-refractivity contribution in [2.24, 2.45) is 7.05 Å². The van der Waals surface area contributed by atoms with Crippen LogP contribution >= 0.6 is 0 Å². The Kier molecular flexibility index (Phi) is 4.82. The summed E-state index contributed by atoms with van der Waals surface area (Å²) in [5.41, 5.74) is 1.23. The van der Waals surface area contributed by atoms with Gasteiger partial charge in [0, 0.05) is 46.8 Å². The summed E-state index contributed by atoms with van der Waals surface area (Å²) in [6.07, 6.45) is 4.74. The van der Waals surface area contributed by atoms with Gasteiger partial charge in [0.25, 0.3) is 0 Å². The molecule has 1 N–H and O–H groups in total. The van der Waals surface area contributed by atoms with Gasteiger partial charge in [0.05, 0.1) is 11.9 Å². The molecule has 1 aromatic rings. The van der Waals surface area contributed by atoms with E-state index in [0.29, 0.717) is 0 Å². The van der Waals surface area contributed by atoms with Crippen molar-refractivity contribution >= 4 is 5.95 Å². The second-order valence-corrected chi connectivity index (χ2v) is 5.54. The molecular formula is C14H27N5. The van der Waals surface area contributed by atoms with Crippen LogP contribution in [0.3, 0.4) is 0 Å². The Morgan fingerprint density at radius 2 is 2.16 bits per heavy atom. The highest BCUT2D eigenvalue weighted by molar-refractivity contribution is 5.30. The van der Waals surface area contributed by atoms with Crippen molar-refractivity contribution < 1.29 is 0 Å². The molecule has 0 saturated heterocycles. The molecule has 1 aromatic heterocycles. The Hall–Kier alpha value is -1.07. The number of rotatable bonds is 8. The lowest BCUT2D eigenvalue weighted by Gasteiger charge is -2.19. The van der Waals surface area contributed by atoms with E-state index in [1.165, 1.54) is 25.1 Å². The summed E-state index contributed by atoms with van der Waals surface area (Å²) in [7, 11) is 6.12. The third kappa shape index (κ3) is 3.70. The number of anilines is 1. The zero-order chi connectivity index (χ0) is 13.8. The van der Waals surface area contributed by atoms with Crippen LogP contribution in [-0.4, -0.2) is 54.2 Å². The van der Waals surface area contributed by atoms with Gasteiger partial charge in [-0.25, -0.2) is 4.98 Å². The van der Waals surface area contributed by atoms with E-state index in [9.17, 15) is 0 Å². The van der Waals surface area contributed by atoms with Gasteiger partial charge >= 0.3 is 0 Å². The van der Waals surface area contributed by atoms with Crippen LogP contribution in [0.25, 0.3) is 0 Å². The predicted octanol–water partition coefficient (Wildman–Crippen LogP) is 1.06. The second-order valence-electron chi connectivity index (χ2n) is 5.54. The summed E-state index contributed by atoms with van der Waals surface area (Å²) in [5.74, 6) is 1.00. The van der Waals surface area contributed by atoms with Crippen LogP contribution in [0.2, 0.25) is 0 Å². The Balaban J connectivity index is 1.73. The molecule has 0 aliphatic heterocycles. The standard InChI is InChI=1S/C14H27N5/c1-5-19(12-6-7-12)9-8-15-10-13-11-16-14(17(2)3)18(13)4/h11-12,15H,5-10H2,1-4H3. The first-order valence-corrected chi connectivity index (χ1v) is 7.26. The van der Waals surface area contributed by atoms with E-state index in [4.69, 9.17) is 0 Å². The number of nitrogens with zero attached hydrogens (tertiary/aromatic N) is 4. The van der Waals surface area contributed by atoms with Crippen molar-refractivity contribution in [3.63, 3.8) is 0 Å². The fraction of sp³-hybridized carbons (Fsp3) is 0.786. The molecule has 108 valence electrons. The summed E-state index contributed by atoms with van der Waals surface area (Å²) in [6.45, 7) is 6.51. The monoisotopic (exact) mass is 265 g/mol. The molecule has 1 aliphatic carbocycles. The molecule has 0 aromatic carbocycles. The third-order valence-corrected chi connectivity index (χ3v) is 3.81. The lowest BCUT2D eigenvalue weighted by molar-refractivity contribution is 0.276. The maximum absolute atomic E-state index is 4.42. The molecule has 0 amide bonds. The van der Waals surface area contributed by atoms with Crippen LogP contribution in [0.1, 0.15) is 25.5 Å². The molecule has 19 heavy (non-hydrogen) atoms. The van der Waals surface area contributed by atoms with Crippen molar-refractivity contribution in [1.29, 1.82) is 0 Å². The lowest BCUT2D eigenvalue weighted by atomic mass is 10.4. The first kappa shape index (κ1) is 14.3. The van der Waals surface area contributed by atoms with Crippen molar-refractivity contribution in [3.05, 3.63) is 11.9 Å². The Bertz CT molecular complexity index is 395. The molecule has 5 nitrogen and oxygen atoms in total. The molecule has 5 heteroatoms. The normalized spacial score (nSPS) is 15.2. The molecule has 1 aliphatic rings. The predicted molar refractivity (Wildman–Crippen MR) is 79.5 cm³/mol. The molecule has 0 radical (unpaired) electrons. The van der Waals surface area contributed by atoms with Gasteiger partial charge in [-0.05, 0) is 19.4 Å². The van der Waals surface area contributed by atoms with Gasteiger partial charge in [0.15, 0.2) is 0 Å². The van der Waals surface area contributed by atoms with Crippen molar-refractivity contribution in [2.45, 2.75) is 32.4 Å². The SMILES string of the molecule is CCN(CCNCc1cnc(N(C)C)n1C)C1CC1. The number of aromatic nitrogens is 2. The third-order valence-electron chi connectivity index (χ3n) is 3.81. The van der Waals surface area contributed by atoms with Crippen LogP contribution in [0.5, 0.6) is 0 Å². The van der Waals surface area contributed by atoms with E-state index < -0.39 is 0 Å². The average Bonchev–Trinajstić information content (AvgIpc) is 3.14. The zero-order valence-electron chi connectivity index (χ0n) is 12.7. The minimum atomic E-state index is 0.865. The smallest absolute Gasteiger partial charge is 0.204 e. The number of hydrogen-bond acceptors (Lipinski definition) is 4. The maximum atomic E-state index is 4.42. The number of nitrogens with one attached hydrogen (secondary N) is 1. The quantitative estimate of drug-likeness (QED) is 0.713.